The van der Waals surface area contributed by atoms with Gasteiger partial charge in [-0.1, -0.05) is 6.92 Å². The molecule has 130 valence electrons. The molecule has 0 aliphatic heterocycles. The van der Waals surface area contributed by atoms with Gasteiger partial charge < -0.3 is 5.32 Å². The van der Waals surface area contributed by atoms with Gasteiger partial charge in [0, 0.05) is 35.1 Å². The molecule has 0 atom stereocenters. The van der Waals surface area contributed by atoms with Crippen molar-refractivity contribution in [1.29, 1.82) is 0 Å². The molecule has 0 amide bonds. The maximum absolute atomic E-state index is 13.1. The topological polar surface area (TPSA) is 63.6 Å². The Hall–Kier alpha value is -2.55. The van der Waals surface area contributed by atoms with Crippen molar-refractivity contribution in [2.75, 3.05) is 5.32 Å². The van der Waals surface area contributed by atoms with Crippen LogP contribution in [0.3, 0.4) is 0 Å². The number of thiazole rings is 1. The number of aromatic nitrogens is 4. The van der Waals surface area contributed by atoms with E-state index in [-0.39, 0.29) is 11.6 Å². The maximum Gasteiger partial charge on any atom is 0.433 e. The molecule has 0 bridgehead atoms. The Morgan fingerprint density at radius 3 is 2.68 bits per heavy atom. The molecule has 0 radical (unpaired) electrons. The molecule has 5 nitrogen and oxygen atoms in total. The third-order valence-electron chi connectivity index (χ3n) is 3.31. The molecule has 0 spiro atoms. The van der Waals surface area contributed by atoms with E-state index in [1.807, 2.05) is 6.92 Å². The van der Waals surface area contributed by atoms with Crippen molar-refractivity contribution in [3.63, 3.8) is 0 Å². The van der Waals surface area contributed by atoms with E-state index in [0.29, 0.717) is 12.1 Å². The van der Waals surface area contributed by atoms with Crippen LogP contribution in [0, 0.1) is 0 Å². The zero-order chi connectivity index (χ0) is 17.9. The average molecular weight is 365 g/mol. The molecular formula is C16H14F3N5S. The van der Waals surface area contributed by atoms with Crippen molar-refractivity contribution in [1.82, 2.24) is 19.9 Å². The van der Waals surface area contributed by atoms with E-state index in [1.165, 1.54) is 23.7 Å². The molecule has 0 fully saturated rings. The Morgan fingerprint density at radius 2 is 2.04 bits per heavy atom. The summed E-state index contributed by atoms with van der Waals surface area (Å²) in [5, 5.41) is 3.68. The highest BCUT2D eigenvalue weighted by Gasteiger charge is 2.33. The number of anilines is 1. The molecule has 3 heterocycles. The van der Waals surface area contributed by atoms with Gasteiger partial charge in [0.2, 0.25) is 0 Å². The van der Waals surface area contributed by atoms with Gasteiger partial charge in [-0.15, -0.1) is 11.3 Å². The largest absolute Gasteiger partial charge is 0.433 e. The Labute approximate surface area is 146 Å². The van der Waals surface area contributed by atoms with Gasteiger partial charge in [0.1, 0.15) is 10.8 Å². The average Bonchev–Trinajstić information content (AvgIpc) is 3.08. The highest BCUT2D eigenvalue weighted by Crippen LogP contribution is 2.30. The second-order valence-electron chi connectivity index (χ2n) is 5.13. The van der Waals surface area contributed by atoms with Crippen LogP contribution in [0.15, 0.2) is 36.8 Å². The molecule has 1 N–H and O–H groups in total. The van der Waals surface area contributed by atoms with Crippen molar-refractivity contribution in [2.45, 2.75) is 26.1 Å². The van der Waals surface area contributed by atoms with E-state index in [0.717, 1.165) is 22.4 Å². The monoisotopic (exact) mass is 365 g/mol. The van der Waals surface area contributed by atoms with Crippen molar-refractivity contribution in [3.8, 4) is 11.4 Å². The number of pyridine rings is 1. The van der Waals surface area contributed by atoms with Crippen LogP contribution in [0.2, 0.25) is 0 Å². The fourth-order valence-electron chi connectivity index (χ4n) is 2.07. The van der Waals surface area contributed by atoms with Crippen LogP contribution in [0.4, 0.5) is 19.0 Å². The molecule has 3 aromatic heterocycles. The number of alkyl halides is 3. The van der Waals surface area contributed by atoms with Crippen molar-refractivity contribution < 1.29 is 13.2 Å². The molecule has 0 aromatic carbocycles. The van der Waals surface area contributed by atoms with Crippen LogP contribution >= 0.6 is 11.3 Å². The third-order valence-corrected chi connectivity index (χ3v) is 4.45. The number of halogens is 3. The predicted octanol–water partition coefficient (Wildman–Crippen LogP) is 4.19. The van der Waals surface area contributed by atoms with Crippen LogP contribution in [0.1, 0.15) is 22.5 Å². The lowest BCUT2D eigenvalue weighted by molar-refractivity contribution is -0.141. The van der Waals surface area contributed by atoms with Gasteiger partial charge in [-0.2, -0.15) is 13.2 Å². The lowest BCUT2D eigenvalue weighted by atomic mass is 10.2. The first-order valence-corrected chi connectivity index (χ1v) is 8.31. The zero-order valence-electron chi connectivity index (χ0n) is 13.2. The number of hydrogen-bond donors (Lipinski definition) is 1. The molecule has 0 aliphatic rings. The van der Waals surface area contributed by atoms with E-state index in [1.54, 1.807) is 18.3 Å². The van der Waals surface area contributed by atoms with Crippen molar-refractivity contribution in [2.24, 2.45) is 0 Å². The molecule has 0 saturated carbocycles. The minimum atomic E-state index is -4.56. The number of rotatable bonds is 5. The summed E-state index contributed by atoms with van der Waals surface area (Å²) in [6, 6.07) is 4.13. The summed E-state index contributed by atoms with van der Waals surface area (Å²) >= 11 is 1.51. The molecule has 25 heavy (non-hydrogen) atoms. The minimum absolute atomic E-state index is 0.0289. The summed E-state index contributed by atoms with van der Waals surface area (Å²) in [5.74, 6) is 0.0632. The van der Waals surface area contributed by atoms with E-state index in [2.05, 4.69) is 25.3 Å². The first-order chi connectivity index (χ1) is 12.0. The third kappa shape index (κ3) is 4.30. The fraction of sp³-hybridized carbons (Fsp3) is 0.250. The number of nitrogens with one attached hydrogen (secondary N) is 1. The summed E-state index contributed by atoms with van der Waals surface area (Å²) in [5.41, 5.74) is -0.587. The van der Waals surface area contributed by atoms with Crippen LogP contribution < -0.4 is 5.32 Å². The molecular weight excluding hydrogens is 351 g/mol. The molecule has 0 unspecified atom stereocenters. The van der Waals surface area contributed by atoms with Crippen LogP contribution in [-0.2, 0) is 19.1 Å². The van der Waals surface area contributed by atoms with E-state index in [4.69, 9.17) is 0 Å². The molecule has 0 aliphatic carbocycles. The SMILES string of the molecule is CCc1cnc(CNc2cc(C(F)(F)F)nc(-c3cccnc3)n2)s1. The number of nitrogens with zero attached hydrogens (tertiary/aromatic N) is 4. The highest BCUT2D eigenvalue weighted by molar-refractivity contribution is 7.11. The number of aryl methyl sites for hydroxylation is 1. The van der Waals surface area contributed by atoms with Gasteiger partial charge in [-0.3, -0.25) is 4.98 Å². The first kappa shape index (κ1) is 17.3. The molecule has 3 aromatic rings. The van der Waals surface area contributed by atoms with Crippen molar-refractivity contribution in [3.05, 3.63) is 52.4 Å². The van der Waals surface area contributed by atoms with Crippen LogP contribution in [0.25, 0.3) is 11.4 Å². The summed E-state index contributed by atoms with van der Waals surface area (Å²) < 4.78 is 39.4. The summed E-state index contributed by atoms with van der Waals surface area (Å²) in [6.45, 7) is 2.32. The second kappa shape index (κ2) is 7.14. The first-order valence-electron chi connectivity index (χ1n) is 7.50. The summed E-state index contributed by atoms with van der Waals surface area (Å²) in [6.07, 6.45) is 1.03. The molecule has 9 heteroatoms. The highest BCUT2D eigenvalue weighted by atomic mass is 32.1. The molecule has 3 rings (SSSR count). The zero-order valence-corrected chi connectivity index (χ0v) is 14.0. The smallest absolute Gasteiger partial charge is 0.363 e. The van der Waals surface area contributed by atoms with Gasteiger partial charge in [0.25, 0.3) is 0 Å². The summed E-state index contributed by atoms with van der Waals surface area (Å²) in [4.78, 5) is 17.0. The van der Waals surface area contributed by atoms with E-state index < -0.39 is 11.9 Å². The van der Waals surface area contributed by atoms with Gasteiger partial charge >= 0.3 is 6.18 Å². The Bertz CT molecular complexity index is 848. The van der Waals surface area contributed by atoms with E-state index in [9.17, 15) is 13.2 Å². The van der Waals surface area contributed by atoms with E-state index >= 15 is 0 Å². The lowest BCUT2D eigenvalue weighted by Gasteiger charge is -2.11. The lowest BCUT2D eigenvalue weighted by Crippen LogP contribution is -2.12. The van der Waals surface area contributed by atoms with Crippen LogP contribution in [0.5, 0.6) is 0 Å². The predicted molar refractivity (Wildman–Crippen MR) is 89.1 cm³/mol. The van der Waals surface area contributed by atoms with Gasteiger partial charge in [-0.25, -0.2) is 15.0 Å². The Kier molecular flexibility index (Phi) is 4.93. The van der Waals surface area contributed by atoms with Gasteiger partial charge in [-0.05, 0) is 18.6 Å². The number of hydrogen-bond acceptors (Lipinski definition) is 6. The van der Waals surface area contributed by atoms with Gasteiger partial charge in [0.15, 0.2) is 11.5 Å². The van der Waals surface area contributed by atoms with Gasteiger partial charge in [0.05, 0.1) is 6.54 Å². The van der Waals surface area contributed by atoms with Crippen LogP contribution in [-0.4, -0.2) is 19.9 Å². The summed E-state index contributed by atoms with van der Waals surface area (Å²) in [7, 11) is 0. The quantitative estimate of drug-likeness (QED) is 0.735. The fourth-order valence-corrected chi connectivity index (χ4v) is 2.87. The maximum atomic E-state index is 13.1. The molecule has 0 saturated heterocycles. The van der Waals surface area contributed by atoms with Crippen molar-refractivity contribution >= 4 is 17.2 Å². The normalized spacial score (nSPS) is 11.5. The second-order valence-corrected chi connectivity index (χ2v) is 6.33. The minimum Gasteiger partial charge on any atom is -0.363 e. The Morgan fingerprint density at radius 1 is 1.20 bits per heavy atom. The standard InChI is InChI=1S/C16H14F3N5S/c1-2-11-8-22-14(25-11)9-21-13-6-12(16(17,18)19)23-15(24-13)10-4-3-5-20-7-10/h3-8H,2,9H2,1H3,(H,21,23,24). The Balaban J connectivity index is 1.89.